The molecule has 2 amide bonds. The number of benzene rings is 1. The lowest BCUT2D eigenvalue weighted by Gasteiger charge is -2.31. The third-order valence-electron chi connectivity index (χ3n) is 4.51. The van der Waals surface area contributed by atoms with Gasteiger partial charge in [0.1, 0.15) is 5.75 Å². The Morgan fingerprint density at radius 1 is 1.19 bits per heavy atom. The van der Waals surface area contributed by atoms with Crippen molar-refractivity contribution in [3.63, 3.8) is 0 Å². The first kappa shape index (κ1) is 17.9. The Morgan fingerprint density at radius 3 is 2.65 bits per heavy atom. The average Bonchev–Trinajstić information content (AvgIpc) is 2.70. The van der Waals surface area contributed by atoms with Crippen LogP contribution < -0.4 is 10.1 Å². The van der Waals surface area contributed by atoms with Crippen LogP contribution in [-0.4, -0.2) is 41.4 Å². The van der Waals surface area contributed by atoms with E-state index >= 15 is 0 Å². The number of para-hydroxylation sites is 2. The number of hydrogen-bond donors (Lipinski definition) is 1. The molecule has 6 heteroatoms. The first-order chi connectivity index (χ1) is 12.7. The van der Waals surface area contributed by atoms with Gasteiger partial charge in [-0.25, -0.2) is 0 Å². The van der Waals surface area contributed by atoms with Gasteiger partial charge in [-0.3, -0.25) is 14.6 Å². The van der Waals surface area contributed by atoms with Gasteiger partial charge in [-0.2, -0.15) is 0 Å². The molecule has 26 heavy (non-hydrogen) atoms. The summed E-state index contributed by atoms with van der Waals surface area (Å²) in [4.78, 5) is 30.8. The molecule has 0 radical (unpaired) electrons. The molecule has 0 aliphatic carbocycles. The number of ether oxygens (including phenoxy) is 1. The SMILES string of the molecule is CCOc1ccccc1NC(=O)C1CCN(C(=O)c2cccnc2)CC1. The van der Waals surface area contributed by atoms with Gasteiger partial charge in [0.05, 0.1) is 17.9 Å². The summed E-state index contributed by atoms with van der Waals surface area (Å²) in [6.45, 7) is 3.59. The molecular weight excluding hydrogens is 330 g/mol. The van der Waals surface area contributed by atoms with Crippen LogP contribution >= 0.6 is 0 Å². The van der Waals surface area contributed by atoms with Crippen molar-refractivity contribution in [3.05, 3.63) is 54.4 Å². The number of nitrogens with one attached hydrogen (secondary N) is 1. The summed E-state index contributed by atoms with van der Waals surface area (Å²) >= 11 is 0. The van der Waals surface area contributed by atoms with Crippen LogP contribution in [0.5, 0.6) is 5.75 Å². The molecular formula is C20H23N3O3. The van der Waals surface area contributed by atoms with Crippen LogP contribution in [0.1, 0.15) is 30.1 Å². The third-order valence-corrected chi connectivity index (χ3v) is 4.51. The van der Waals surface area contributed by atoms with Crippen LogP contribution in [0.2, 0.25) is 0 Å². The highest BCUT2D eigenvalue weighted by Gasteiger charge is 2.28. The standard InChI is InChI=1S/C20H23N3O3/c1-2-26-18-8-4-3-7-17(18)22-19(24)15-9-12-23(13-10-15)20(25)16-6-5-11-21-14-16/h3-8,11,14-15H,2,9-10,12-13H2,1H3,(H,22,24). The molecule has 0 atom stereocenters. The molecule has 2 aromatic rings. The third kappa shape index (κ3) is 4.20. The van der Waals surface area contributed by atoms with Gasteiger partial charge in [-0.15, -0.1) is 0 Å². The van der Waals surface area contributed by atoms with Gasteiger partial charge in [0.2, 0.25) is 5.91 Å². The average molecular weight is 353 g/mol. The highest BCUT2D eigenvalue weighted by Crippen LogP contribution is 2.26. The Morgan fingerprint density at radius 2 is 1.96 bits per heavy atom. The molecule has 0 bridgehead atoms. The van der Waals surface area contributed by atoms with Gasteiger partial charge in [-0.1, -0.05) is 12.1 Å². The highest BCUT2D eigenvalue weighted by molar-refractivity contribution is 5.95. The van der Waals surface area contributed by atoms with Crippen molar-refractivity contribution in [2.45, 2.75) is 19.8 Å². The second-order valence-corrected chi connectivity index (χ2v) is 6.23. The van der Waals surface area contributed by atoms with Crippen LogP contribution in [0.15, 0.2) is 48.8 Å². The minimum Gasteiger partial charge on any atom is -0.492 e. The van der Waals surface area contributed by atoms with Gasteiger partial charge >= 0.3 is 0 Å². The summed E-state index contributed by atoms with van der Waals surface area (Å²) in [5, 5.41) is 2.96. The molecule has 2 heterocycles. The predicted octanol–water partition coefficient (Wildman–Crippen LogP) is 2.97. The van der Waals surface area contributed by atoms with E-state index in [4.69, 9.17) is 4.74 Å². The summed E-state index contributed by atoms with van der Waals surface area (Å²) in [5.74, 6) is 0.513. The van der Waals surface area contributed by atoms with Gasteiger partial charge in [0, 0.05) is 31.4 Å². The predicted molar refractivity (Wildman–Crippen MR) is 99.1 cm³/mol. The largest absolute Gasteiger partial charge is 0.492 e. The van der Waals surface area contributed by atoms with Crippen molar-refractivity contribution >= 4 is 17.5 Å². The number of likely N-dealkylation sites (tertiary alicyclic amines) is 1. The van der Waals surface area contributed by atoms with Crippen molar-refractivity contribution in [3.8, 4) is 5.75 Å². The maximum atomic E-state index is 12.6. The molecule has 0 unspecified atom stereocenters. The summed E-state index contributed by atoms with van der Waals surface area (Å²) in [5.41, 5.74) is 1.27. The Kier molecular flexibility index (Phi) is 5.84. The molecule has 1 saturated heterocycles. The monoisotopic (exact) mass is 353 g/mol. The molecule has 1 aromatic carbocycles. The summed E-state index contributed by atoms with van der Waals surface area (Å²) < 4.78 is 5.55. The lowest BCUT2D eigenvalue weighted by atomic mass is 9.95. The number of rotatable bonds is 5. The van der Waals surface area contributed by atoms with Gasteiger partial charge < -0.3 is 15.0 Å². The van der Waals surface area contributed by atoms with E-state index in [1.54, 1.807) is 29.4 Å². The Bertz CT molecular complexity index is 756. The number of anilines is 1. The lowest BCUT2D eigenvalue weighted by molar-refractivity contribution is -0.121. The second-order valence-electron chi connectivity index (χ2n) is 6.23. The number of carbonyl (C=O) groups is 2. The maximum absolute atomic E-state index is 12.6. The number of amides is 2. The van der Waals surface area contributed by atoms with E-state index in [0.717, 1.165) is 0 Å². The molecule has 1 N–H and O–H groups in total. The fourth-order valence-corrected chi connectivity index (χ4v) is 3.10. The van der Waals surface area contributed by atoms with Crippen molar-refractivity contribution in [1.82, 2.24) is 9.88 Å². The number of carbonyl (C=O) groups excluding carboxylic acids is 2. The van der Waals surface area contributed by atoms with Crippen molar-refractivity contribution in [2.75, 3.05) is 25.0 Å². The van der Waals surface area contributed by atoms with Crippen molar-refractivity contribution in [1.29, 1.82) is 0 Å². The second kappa shape index (κ2) is 8.47. The first-order valence-electron chi connectivity index (χ1n) is 8.91. The van der Waals surface area contributed by atoms with Crippen molar-refractivity contribution < 1.29 is 14.3 Å². The molecule has 1 aliphatic heterocycles. The van der Waals surface area contributed by atoms with Gasteiger partial charge in [0.25, 0.3) is 5.91 Å². The normalized spacial score (nSPS) is 14.7. The zero-order valence-electron chi connectivity index (χ0n) is 14.9. The van der Waals surface area contributed by atoms with E-state index in [2.05, 4.69) is 10.3 Å². The minimum atomic E-state index is -0.109. The van der Waals surface area contributed by atoms with E-state index in [0.29, 0.717) is 49.5 Å². The summed E-state index contributed by atoms with van der Waals surface area (Å²) in [6, 6.07) is 10.9. The van der Waals surface area contributed by atoms with Crippen LogP contribution in [0, 0.1) is 5.92 Å². The van der Waals surface area contributed by atoms with Crippen LogP contribution in [0.3, 0.4) is 0 Å². The molecule has 3 rings (SSSR count). The fraction of sp³-hybridized carbons (Fsp3) is 0.350. The number of hydrogen-bond acceptors (Lipinski definition) is 4. The zero-order chi connectivity index (χ0) is 18.4. The van der Waals surface area contributed by atoms with Crippen LogP contribution in [0.4, 0.5) is 5.69 Å². The highest BCUT2D eigenvalue weighted by atomic mass is 16.5. The van der Waals surface area contributed by atoms with Gasteiger partial charge in [0.15, 0.2) is 0 Å². The first-order valence-corrected chi connectivity index (χ1v) is 8.91. The Hall–Kier alpha value is -2.89. The summed E-state index contributed by atoms with van der Waals surface area (Å²) in [6.07, 6.45) is 4.52. The number of piperidine rings is 1. The number of aromatic nitrogens is 1. The van der Waals surface area contributed by atoms with Gasteiger partial charge in [-0.05, 0) is 44.0 Å². The van der Waals surface area contributed by atoms with E-state index in [-0.39, 0.29) is 17.7 Å². The quantitative estimate of drug-likeness (QED) is 0.897. The van der Waals surface area contributed by atoms with E-state index in [1.165, 1.54) is 0 Å². The topological polar surface area (TPSA) is 71.5 Å². The molecule has 136 valence electrons. The van der Waals surface area contributed by atoms with Crippen LogP contribution in [0.25, 0.3) is 0 Å². The molecule has 1 fully saturated rings. The Balaban J connectivity index is 1.56. The number of pyridine rings is 1. The molecule has 0 spiro atoms. The fourth-order valence-electron chi connectivity index (χ4n) is 3.10. The zero-order valence-corrected chi connectivity index (χ0v) is 14.9. The molecule has 1 aromatic heterocycles. The van der Waals surface area contributed by atoms with Crippen LogP contribution in [-0.2, 0) is 4.79 Å². The van der Waals surface area contributed by atoms with Crippen molar-refractivity contribution in [2.24, 2.45) is 5.92 Å². The van der Waals surface area contributed by atoms with E-state index < -0.39 is 0 Å². The molecule has 0 saturated carbocycles. The Labute approximate surface area is 153 Å². The number of nitrogens with zero attached hydrogens (tertiary/aromatic N) is 2. The van der Waals surface area contributed by atoms with E-state index in [9.17, 15) is 9.59 Å². The summed E-state index contributed by atoms with van der Waals surface area (Å²) in [7, 11) is 0. The molecule has 6 nitrogen and oxygen atoms in total. The van der Waals surface area contributed by atoms with E-state index in [1.807, 2.05) is 31.2 Å². The maximum Gasteiger partial charge on any atom is 0.255 e. The molecule has 1 aliphatic rings. The minimum absolute atomic E-state index is 0.0226. The smallest absolute Gasteiger partial charge is 0.255 e. The lowest BCUT2D eigenvalue weighted by Crippen LogP contribution is -2.41.